The molecule has 0 amide bonds. The van der Waals surface area contributed by atoms with E-state index in [4.69, 9.17) is 22.4 Å². The van der Waals surface area contributed by atoms with Crippen LogP contribution in [0.2, 0.25) is 5.02 Å². The van der Waals surface area contributed by atoms with Gasteiger partial charge in [0, 0.05) is 11.1 Å². The summed E-state index contributed by atoms with van der Waals surface area (Å²) in [5.74, 6) is 0.392. The number of hydrogen-bond acceptors (Lipinski definition) is 6. The zero-order valence-corrected chi connectivity index (χ0v) is 10.2. The van der Waals surface area contributed by atoms with Gasteiger partial charge >= 0.3 is 0 Å². The summed E-state index contributed by atoms with van der Waals surface area (Å²) in [6, 6.07) is 1.67. The van der Waals surface area contributed by atoms with Crippen LogP contribution in [-0.4, -0.2) is 20.1 Å². The van der Waals surface area contributed by atoms with Crippen molar-refractivity contribution in [2.45, 2.75) is 16.5 Å². The minimum Gasteiger partial charge on any atom is -0.390 e. The van der Waals surface area contributed by atoms with E-state index >= 15 is 0 Å². The Labute approximate surface area is 107 Å². The van der Waals surface area contributed by atoms with Crippen molar-refractivity contribution in [2.24, 2.45) is 0 Å². The molecule has 88 valence electrons. The number of aliphatic hydroxyl groups excluding tert-OH is 1. The van der Waals surface area contributed by atoms with Gasteiger partial charge in [0.05, 0.1) is 29.7 Å². The number of nitrogens with zero attached hydrogens (tertiary/aromatic N) is 3. The number of rotatable bonds is 3. The van der Waals surface area contributed by atoms with E-state index in [9.17, 15) is 0 Å². The summed E-state index contributed by atoms with van der Waals surface area (Å²) in [5.41, 5.74) is 6.09. The highest BCUT2D eigenvalue weighted by atomic mass is 35.5. The molecule has 2 heterocycles. The maximum atomic E-state index is 8.96. The maximum absolute atomic E-state index is 8.96. The molecule has 0 aliphatic carbocycles. The molecular formula is C10H9ClN4OS. The van der Waals surface area contributed by atoms with Gasteiger partial charge < -0.3 is 10.8 Å². The smallest absolute Gasteiger partial charge is 0.124 e. The molecule has 3 N–H and O–H groups in total. The third kappa shape index (κ3) is 3.06. The molecule has 0 spiro atoms. The molecule has 0 fully saturated rings. The van der Waals surface area contributed by atoms with Gasteiger partial charge in [-0.3, -0.25) is 4.98 Å². The Bertz CT molecular complexity index is 537. The lowest BCUT2D eigenvalue weighted by molar-refractivity contribution is 0.275. The average Bonchev–Trinajstić information content (AvgIpc) is 2.34. The van der Waals surface area contributed by atoms with Crippen LogP contribution < -0.4 is 5.73 Å². The third-order valence-corrected chi connectivity index (χ3v) is 3.26. The first-order chi connectivity index (χ1) is 8.19. The summed E-state index contributed by atoms with van der Waals surface area (Å²) in [4.78, 5) is 12.8. The van der Waals surface area contributed by atoms with Crippen LogP contribution in [0.1, 0.15) is 5.69 Å². The molecule has 0 bridgehead atoms. The highest BCUT2D eigenvalue weighted by Crippen LogP contribution is 2.32. The molecule has 0 aliphatic heterocycles. The normalized spacial score (nSPS) is 10.5. The fourth-order valence-corrected chi connectivity index (χ4v) is 2.19. The quantitative estimate of drug-likeness (QED) is 0.882. The summed E-state index contributed by atoms with van der Waals surface area (Å²) in [6.45, 7) is -0.145. The molecule has 0 atom stereocenters. The van der Waals surface area contributed by atoms with Crippen molar-refractivity contribution in [3.05, 3.63) is 35.4 Å². The van der Waals surface area contributed by atoms with Gasteiger partial charge in [0.25, 0.3) is 0 Å². The minimum absolute atomic E-state index is 0.145. The van der Waals surface area contributed by atoms with Gasteiger partial charge in [-0.05, 0) is 6.07 Å². The van der Waals surface area contributed by atoms with Gasteiger partial charge in [-0.25, -0.2) is 9.97 Å². The number of nitrogens with two attached hydrogens (primary N) is 1. The monoisotopic (exact) mass is 268 g/mol. The molecule has 5 nitrogen and oxygen atoms in total. The van der Waals surface area contributed by atoms with E-state index < -0.39 is 0 Å². The Morgan fingerprint density at radius 1 is 1.35 bits per heavy atom. The van der Waals surface area contributed by atoms with Crippen molar-refractivity contribution in [1.29, 1.82) is 0 Å². The lowest BCUT2D eigenvalue weighted by Crippen LogP contribution is -1.93. The standard InChI is InChI=1S/C10H9ClN4OS/c11-7-3-14-9(12)1-8(7)17-10-4-13-2-6(5-16)15-10/h1-4,16H,5H2,(H2,12,14). The first-order valence-electron chi connectivity index (χ1n) is 4.69. The Morgan fingerprint density at radius 3 is 2.94 bits per heavy atom. The number of nitrogen functional groups attached to an aromatic ring is 1. The number of aliphatic hydroxyl groups is 1. The van der Waals surface area contributed by atoms with Crippen molar-refractivity contribution in [3.63, 3.8) is 0 Å². The zero-order chi connectivity index (χ0) is 12.3. The molecule has 0 radical (unpaired) electrons. The largest absolute Gasteiger partial charge is 0.390 e. The van der Waals surface area contributed by atoms with Gasteiger partial charge in [0.15, 0.2) is 0 Å². The fraction of sp³-hybridized carbons (Fsp3) is 0.100. The number of aromatic nitrogens is 3. The predicted molar refractivity (Wildman–Crippen MR) is 65.7 cm³/mol. The summed E-state index contributed by atoms with van der Waals surface area (Å²) in [5, 5.41) is 10.1. The van der Waals surface area contributed by atoms with Crippen molar-refractivity contribution in [1.82, 2.24) is 15.0 Å². The van der Waals surface area contributed by atoms with E-state index in [0.717, 1.165) is 4.90 Å². The van der Waals surface area contributed by atoms with Crippen molar-refractivity contribution < 1.29 is 5.11 Å². The Balaban J connectivity index is 2.27. The second-order valence-electron chi connectivity index (χ2n) is 3.15. The van der Waals surface area contributed by atoms with Crippen LogP contribution in [0.25, 0.3) is 0 Å². The van der Waals surface area contributed by atoms with E-state index in [2.05, 4.69) is 15.0 Å². The summed E-state index contributed by atoms with van der Waals surface area (Å²) >= 11 is 7.30. The summed E-state index contributed by atoms with van der Waals surface area (Å²) in [6.07, 6.45) is 4.59. The summed E-state index contributed by atoms with van der Waals surface area (Å²) < 4.78 is 0. The lowest BCUT2D eigenvalue weighted by atomic mass is 10.5. The van der Waals surface area contributed by atoms with Crippen LogP contribution in [0.4, 0.5) is 5.82 Å². The Morgan fingerprint density at radius 2 is 2.18 bits per heavy atom. The van der Waals surface area contributed by atoms with E-state index in [1.807, 2.05) is 0 Å². The van der Waals surface area contributed by atoms with Crippen LogP contribution in [0.15, 0.2) is 34.6 Å². The number of hydrogen-bond donors (Lipinski definition) is 2. The molecule has 2 rings (SSSR count). The van der Waals surface area contributed by atoms with Gasteiger partial charge in [0.2, 0.25) is 0 Å². The minimum atomic E-state index is -0.145. The molecule has 7 heteroatoms. The van der Waals surface area contributed by atoms with Crippen LogP contribution in [0.3, 0.4) is 0 Å². The highest BCUT2D eigenvalue weighted by Gasteiger charge is 2.06. The Hall–Kier alpha value is -1.37. The van der Waals surface area contributed by atoms with Crippen LogP contribution >= 0.6 is 23.4 Å². The zero-order valence-electron chi connectivity index (χ0n) is 8.67. The molecule has 2 aromatic rings. The van der Waals surface area contributed by atoms with E-state index in [1.54, 1.807) is 12.3 Å². The lowest BCUT2D eigenvalue weighted by Gasteiger charge is -2.04. The van der Waals surface area contributed by atoms with E-state index in [0.29, 0.717) is 21.6 Å². The third-order valence-electron chi connectivity index (χ3n) is 1.88. The Kier molecular flexibility index (Phi) is 3.78. The van der Waals surface area contributed by atoms with Crippen LogP contribution in [0, 0.1) is 0 Å². The molecule has 0 saturated heterocycles. The topological polar surface area (TPSA) is 84.9 Å². The summed E-state index contributed by atoms with van der Waals surface area (Å²) in [7, 11) is 0. The van der Waals surface area contributed by atoms with Gasteiger partial charge in [-0.15, -0.1) is 0 Å². The van der Waals surface area contributed by atoms with Gasteiger partial charge in [-0.2, -0.15) is 0 Å². The first kappa shape index (κ1) is 12.1. The molecule has 2 aromatic heterocycles. The van der Waals surface area contributed by atoms with E-state index in [1.165, 1.54) is 24.2 Å². The number of anilines is 1. The fourth-order valence-electron chi connectivity index (χ4n) is 1.14. The molecule has 0 aliphatic rings. The van der Waals surface area contributed by atoms with Crippen molar-refractivity contribution >= 4 is 29.2 Å². The number of halogens is 1. The maximum Gasteiger partial charge on any atom is 0.124 e. The van der Waals surface area contributed by atoms with E-state index in [-0.39, 0.29) is 6.61 Å². The molecule has 0 unspecified atom stereocenters. The second-order valence-corrected chi connectivity index (χ2v) is 4.62. The predicted octanol–water partition coefficient (Wildman–Crippen LogP) is 1.75. The SMILES string of the molecule is Nc1cc(Sc2cncc(CO)n2)c(Cl)cn1. The molecule has 0 aromatic carbocycles. The number of pyridine rings is 1. The first-order valence-corrected chi connectivity index (χ1v) is 5.89. The van der Waals surface area contributed by atoms with Gasteiger partial charge in [-0.1, -0.05) is 23.4 Å². The second kappa shape index (κ2) is 5.31. The van der Waals surface area contributed by atoms with Crippen molar-refractivity contribution in [2.75, 3.05) is 5.73 Å². The molecule has 0 saturated carbocycles. The van der Waals surface area contributed by atoms with Gasteiger partial charge in [0.1, 0.15) is 10.8 Å². The van der Waals surface area contributed by atoms with Crippen LogP contribution in [-0.2, 0) is 6.61 Å². The average molecular weight is 269 g/mol. The molecule has 17 heavy (non-hydrogen) atoms. The highest BCUT2D eigenvalue weighted by molar-refractivity contribution is 7.99. The van der Waals surface area contributed by atoms with Crippen molar-refractivity contribution in [3.8, 4) is 0 Å². The van der Waals surface area contributed by atoms with Crippen LogP contribution in [0.5, 0.6) is 0 Å². The molecular weight excluding hydrogens is 260 g/mol.